The number of hydrogen-bond donors (Lipinski definition) is 0. The van der Waals surface area contributed by atoms with Gasteiger partial charge in [-0.15, -0.1) is 5.92 Å². The molecule has 0 aromatic rings. The van der Waals surface area contributed by atoms with Crippen molar-refractivity contribution in [2.24, 2.45) is 10.8 Å². The van der Waals surface area contributed by atoms with Crippen LogP contribution in [0.1, 0.15) is 53.4 Å². The summed E-state index contributed by atoms with van der Waals surface area (Å²) in [5.41, 5.74) is 0.563. The lowest BCUT2D eigenvalue weighted by molar-refractivity contribution is 0.154. The fourth-order valence-corrected chi connectivity index (χ4v) is 1.55. The van der Waals surface area contributed by atoms with E-state index in [1.54, 1.807) is 0 Å². The van der Waals surface area contributed by atoms with Gasteiger partial charge in [-0.25, -0.2) is 0 Å². The van der Waals surface area contributed by atoms with Gasteiger partial charge >= 0.3 is 0 Å². The molecule has 0 aromatic heterocycles. The first-order chi connectivity index (χ1) is 5.46. The smallest absolute Gasteiger partial charge is 0.0309 e. The maximum Gasteiger partial charge on any atom is 0.0309 e. The first kappa shape index (κ1) is 9.65. The zero-order chi connectivity index (χ0) is 9.24. The van der Waals surface area contributed by atoms with Crippen molar-refractivity contribution in [1.29, 1.82) is 0 Å². The average molecular weight is 164 g/mol. The first-order valence-corrected chi connectivity index (χ1v) is 4.96. The van der Waals surface area contributed by atoms with Crippen LogP contribution in [0.15, 0.2) is 0 Å². The largest absolute Gasteiger partial charge is 0.103 e. The summed E-state index contributed by atoms with van der Waals surface area (Å²) in [4.78, 5) is 0. The van der Waals surface area contributed by atoms with Crippen LogP contribution in [0.4, 0.5) is 0 Å². The van der Waals surface area contributed by atoms with Gasteiger partial charge in [0.2, 0.25) is 0 Å². The lowest BCUT2D eigenvalue weighted by atomic mass is 9.65. The highest BCUT2D eigenvalue weighted by Crippen LogP contribution is 2.42. The van der Waals surface area contributed by atoms with E-state index in [2.05, 4.69) is 39.5 Å². The molecule has 12 heavy (non-hydrogen) atoms. The molecule has 0 atom stereocenters. The molecule has 0 aromatic carbocycles. The minimum atomic E-state index is 0.188. The highest BCUT2D eigenvalue weighted by atomic mass is 14.4. The molecule has 0 nitrogen and oxygen atoms in total. The van der Waals surface area contributed by atoms with Crippen molar-refractivity contribution in [2.75, 3.05) is 0 Å². The lowest BCUT2D eigenvalue weighted by Gasteiger charge is -2.38. The molecule has 0 fully saturated rings. The van der Waals surface area contributed by atoms with Gasteiger partial charge < -0.3 is 0 Å². The van der Waals surface area contributed by atoms with Gasteiger partial charge in [-0.05, 0) is 32.1 Å². The van der Waals surface area contributed by atoms with Crippen molar-refractivity contribution >= 4 is 0 Å². The Balaban J connectivity index is 2.89. The predicted octanol–water partition coefficient (Wildman–Crippen LogP) is 3.62. The molecule has 1 aliphatic carbocycles. The second-order valence-corrected chi connectivity index (χ2v) is 5.02. The van der Waals surface area contributed by atoms with Crippen LogP contribution >= 0.6 is 0 Å². The van der Waals surface area contributed by atoms with Crippen LogP contribution in [0.5, 0.6) is 0 Å². The monoisotopic (exact) mass is 164 g/mol. The Morgan fingerprint density at radius 1 is 1.00 bits per heavy atom. The molecule has 1 rings (SSSR count). The summed E-state index contributed by atoms with van der Waals surface area (Å²) in [6, 6.07) is 0. The van der Waals surface area contributed by atoms with E-state index in [4.69, 9.17) is 0 Å². The van der Waals surface area contributed by atoms with Gasteiger partial charge in [0.25, 0.3) is 0 Å². The van der Waals surface area contributed by atoms with Crippen molar-refractivity contribution in [3.8, 4) is 11.8 Å². The van der Waals surface area contributed by atoms with E-state index in [0.29, 0.717) is 5.41 Å². The molecule has 0 amide bonds. The van der Waals surface area contributed by atoms with Crippen molar-refractivity contribution in [3.63, 3.8) is 0 Å². The summed E-state index contributed by atoms with van der Waals surface area (Å²) >= 11 is 0. The van der Waals surface area contributed by atoms with Gasteiger partial charge in [0.1, 0.15) is 0 Å². The fraction of sp³-hybridized carbons (Fsp3) is 0.833. The standard InChI is InChI=1S/C12H20/c1-11(2)9-7-5-6-8-10-12(11,3)4/h5-7,9H2,1-4H3. The summed E-state index contributed by atoms with van der Waals surface area (Å²) in [7, 11) is 0. The summed E-state index contributed by atoms with van der Waals surface area (Å²) < 4.78 is 0. The Kier molecular flexibility index (Phi) is 2.52. The Labute approximate surface area is 76.7 Å². The van der Waals surface area contributed by atoms with E-state index in [1.165, 1.54) is 19.3 Å². The van der Waals surface area contributed by atoms with E-state index >= 15 is 0 Å². The van der Waals surface area contributed by atoms with Gasteiger partial charge in [-0.1, -0.05) is 26.2 Å². The fourth-order valence-electron chi connectivity index (χ4n) is 1.55. The van der Waals surface area contributed by atoms with Crippen LogP contribution < -0.4 is 0 Å². The van der Waals surface area contributed by atoms with Crippen LogP contribution in [0.2, 0.25) is 0 Å². The highest BCUT2D eigenvalue weighted by Gasteiger charge is 2.35. The van der Waals surface area contributed by atoms with E-state index < -0.39 is 0 Å². The third kappa shape index (κ3) is 1.83. The SMILES string of the molecule is CC1(C)C#CCCCCC1(C)C. The van der Waals surface area contributed by atoms with E-state index in [9.17, 15) is 0 Å². The average Bonchev–Trinajstić information content (AvgIpc) is 1.94. The van der Waals surface area contributed by atoms with Crippen molar-refractivity contribution < 1.29 is 0 Å². The number of hydrogen-bond acceptors (Lipinski definition) is 0. The van der Waals surface area contributed by atoms with Crippen LogP contribution in [0, 0.1) is 22.7 Å². The van der Waals surface area contributed by atoms with Crippen molar-refractivity contribution in [3.05, 3.63) is 0 Å². The molecule has 0 radical (unpaired) electrons. The summed E-state index contributed by atoms with van der Waals surface area (Å²) in [6.45, 7) is 9.22. The highest BCUT2D eigenvalue weighted by molar-refractivity contribution is 5.14. The van der Waals surface area contributed by atoms with Gasteiger partial charge in [0.15, 0.2) is 0 Å². The molecule has 68 valence electrons. The Bertz CT molecular complexity index is 210. The zero-order valence-corrected chi connectivity index (χ0v) is 8.83. The minimum Gasteiger partial charge on any atom is -0.103 e. The number of rotatable bonds is 0. The molecular weight excluding hydrogens is 144 g/mol. The Morgan fingerprint density at radius 2 is 1.67 bits per heavy atom. The van der Waals surface area contributed by atoms with E-state index in [0.717, 1.165) is 6.42 Å². The summed E-state index contributed by atoms with van der Waals surface area (Å²) in [5, 5.41) is 0. The first-order valence-electron chi connectivity index (χ1n) is 4.96. The molecule has 1 aliphatic rings. The zero-order valence-electron chi connectivity index (χ0n) is 8.83. The summed E-state index contributed by atoms with van der Waals surface area (Å²) in [6.07, 6.45) is 5.03. The molecule has 0 spiro atoms. The topological polar surface area (TPSA) is 0 Å². The van der Waals surface area contributed by atoms with Gasteiger partial charge in [0.05, 0.1) is 0 Å². The Morgan fingerprint density at radius 3 is 2.33 bits per heavy atom. The molecular formula is C12H20. The lowest BCUT2D eigenvalue weighted by Crippen LogP contribution is -2.31. The van der Waals surface area contributed by atoms with Crippen LogP contribution in [-0.2, 0) is 0 Å². The second kappa shape index (κ2) is 3.13. The molecule has 0 heterocycles. The molecule has 0 heteroatoms. The molecule has 0 bridgehead atoms. The molecule has 0 N–H and O–H groups in total. The van der Waals surface area contributed by atoms with Crippen molar-refractivity contribution in [2.45, 2.75) is 53.4 Å². The van der Waals surface area contributed by atoms with Gasteiger partial charge in [-0.3, -0.25) is 0 Å². The van der Waals surface area contributed by atoms with Crippen molar-refractivity contribution in [1.82, 2.24) is 0 Å². The Hall–Kier alpha value is -0.440. The molecule has 0 saturated carbocycles. The second-order valence-electron chi connectivity index (χ2n) is 5.02. The molecule has 0 unspecified atom stereocenters. The van der Waals surface area contributed by atoms with Crippen LogP contribution in [0.3, 0.4) is 0 Å². The molecule has 0 saturated heterocycles. The maximum atomic E-state index is 3.40. The third-order valence-corrected chi connectivity index (χ3v) is 3.45. The van der Waals surface area contributed by atoms with Gasteiger partial charge in [-0.2, -0.15) is 0 Å². The quantitative estimate of drug-likeness (QED) is 0.480. The van der Waals surface area contributed by atoms with Crippen LogP contribution in [-0.4, -0.2) is 0 Å². The van der Waals surface area contributed by atoms with E-state index in [1.807, 2.05) is 0 Å². The van der Waals surface area contributed by atoms with E-state index in [-0.39, 0.29) is 5.41 Å². The normalized spacial score (nSPS) is 26.3. The minimum absolute atomic E-state index is 0.188. The van der Waals surface area contributed by atoms with Crippen LogP contribution in [0.25, 0.3) is 0 Å². The summed E-state index contributed by atoms with van der Waals surface area (Å²) in [5.74, 6) is 6.68. The predicted molar refractivity (Wildman–Crippen MR) is 53.8 cm³/mol. The van der Waals surface area contributed by atoms with Gasteiger partial charge in [0, 0.05) is 11.8 Å². The third-order valence-electron chi connectivity index (χ3n) is 3.45. The maximum absolute atomic E-state index is 3.40. The molecule has 0 aliphatic heterocycles.